The van der Waals surface area contributed by atoms with Crippen LogP contribution in [0.2, 0.25) is 0 Å². The number of aliphatic hydroxyl groups is 1. The average Bonchev–Trinajstić information content (AvgIpc) is 3.21. The molecule has 2 saturated carbocycles. The second-order valence-corrected chi connectivity index (χ2v) is 5.73. The predicted octanol–water partition coefficient (Wildman–Crippen LogP) is 1.14. The van der Waals surface area contributed by atoms with Crippen LogP contribution in [0, 0.1) is 5.92 Å². The largest absolute Gasteiger partial charge is 0.395 e. The summed E-state index contributed by atoms with van der Waals surface area (Å²) in [7, 11) is 0. The first-order valence-electron chi connectivity index (χ1n) is 7.41. The highest BCUT2D eigenvalue weighted by molar-refractivity contribution is 5.78. The number of hydrogen-bond acceptors (Lipinski definition) is 3. The molecule has 0 atom stereocenters. The van der Waals surface area contributed by atoms with Crippen LogP contribution in [0.3, 0.4) is 0 Å². The highest BCUT2D eigenvalue weighted by Crippen LogP contribution is 2.26. The molecule has 2 N–H and O–H groups in total. The third-order valence-electron chi connectivity index (χ3n) is 4.11. The summed E-state index contributed by atoms with van der Waals surface area (Å²) in [6, 6.07) is 0.539. The lowest BCUT2D eigenvalue weighted by molar-refractivity contribution is -0.122. The molecule has 2 aliphatic carbocycles. The van der Waals surface area contributed by atoms with Crippen LogP contribution in [0.4, 0.5) is 0 Å². The highest BCUT2D eigenvalue weighted by atomic mass is 16.3. The van der Waals surface area contributed by atoms with Crippen LogP contribution < -0.4 is 5.32 Å². The van der Waals surface area contributed by atoms with Crippen LogP contribution in [0.15, 0.2) is 0 Å². The number of carbonyl (C=O) groups is 1. The Morgan fingerprint density at radius 3 is 2.50 bits per heavy atom. The molecule has 0 radical (unpaired) electrons. The Bertz CT molecular complexity index is 261. The topological polar surface area (TPSA) is 52.6 Å². The molecule has 1 amide bonds. The predicted molar refractivity (Wildman–Crippen MR) is 71.3 cm³/mol. The van der Waals surface area contributed by atoms with Gasteiger partial charge in [-0.3, -0.25) is 9.69 Å². The van der Waals surface area contributed by atoms with Gasteiger partial charge < -0.3 is 10.4 Å². The van der Waals surface area contributed by atoms with Gasteiger partial charge in [0.15, 0.2) is 0 Å². The van der Waals surface area contributed by atoms with Crippen molar-refractivity contribution in [3.63, 3.8) is 0 Å². The molecule has 0 saturated heterocycles. The molecule has 0 heterocycles. The maximum atomic E-state index is 11.9. The molecule has 0 spiro atoms. The third kappa shape index (κ3) is 4.58. The van der Waals surface area contributed by atoms with E-state index >= 15 is 0 Å². The fourth-order valence-electron chi connectivity index (χ4n) is 2.85. The van der Waals surface area contributed by atoms with Crippen molar-refractivity contribution in [3.8, 4) is 0 Å². The van der Waals surface area contributed by atoms with Crippen molar-refractivity contribution < 1.29 is 9.90 Å². The fraction of sp³-hybridized carbons (Fsp3) is 0.929. The van der Waals surface area contributed by atoms with Crippen LogP contribution in [0.1, 0.15) is 44.9 Å². The molecular formula is C14H26N2O2. The molecule has 0 aromatic rings. The van der Waals surface area contributed by atoms with E-state index in [2.05, 4.69) is 10.2 Å². The zero-order valence-corrected chi connectivity index (χ0v) is 11.2. The minimum Gasteiger partial charge on any atom is -0.395 e. The first-order chi connectivity index (χ1) is 8.79. The molecule has 2 fully saturated rings. The molecule has 104 valence electrons. The molecule has 2 rings (SSSR count). The van der Waals surface area contributed by atoms with Gasteiger partial charge in [0.1, 0.15) is 0 Å². The number of nitrogens with one attached hydrogen (secondary N) is 1. The van der Waals surface area contributed by atoms with Gasteiger partial charge >= 0.3 is 0 Å². The summed E-state index contributed by atoms with van der Waals surface area (Å²) in [5.41, 5.74) is 0. The van der Waals surface area contributed by atoms with Crippen molar-refractivity contribution in [2.45, 2.75) is 51.0 Å². The number of nitrogens with zero attached hydrogens (tertiary/aromatic N) is 1. The average molecular weight is 254 g/mol. The minimum absolute atomic E-state index is 0.126. The van der Waals surface area contributed by atoms with Gasteiger partial charge in [-0.05, 0) is 31.6 Å². The van der Waals surface area contributed by atoms with Crippen molar-refractivity contribution in [2.24, 2.45) is 5.92 Å². The SMILES string of the molecule is O=C(CN(CCO)C1CC1)NCC1CCCCC1. The van der Waals surface area contributed by atoms with E-state index in [1.165, 1.54) is 44.9 Å². The Labute approximate surface area is 110 Å². The first kappa shape index (κ1) is 13.8. The third-order valence-corrected chi connectivity index (χ3v) is 4.11. The van der Waals surface area contributed by atoms with Crippen LogP contribution in [0.25, 0.3) is 0 Å². The van der Waals surface area contributed by atoms with Crippen LogP contribution in [-0.2, 0) is 4.79 Å². The smallest absolute Gasteiger partial charge is 0.234 e. The van der Waals surface area contributed by atoms with E-state index in [1.54, 1.807) is 0 Å². The lowest BCUT2D eigenvalue weighted by Crippen LogP contribution is -2.41. The number of rotatable bonds is 7. The molecule has 4 nitrogen and oxygen atoms in total. The van der Waals surface area contributed by atoms with E-state index in [1.807, 2.05) is 0 Å². The van der Waals surface area contributed by atoms with E-state index in [0.29, 0.717) is 25.0 Å². The summed E-state index contributed by atoms with van der Waals surface area (Å²) < 4.78 is 0. The summed E-state index contributed by atoms with van der Waals surface area (Å²) in [6.45, 7) is 2.07. The number of aliphatic hydroxyl groups excluding tert-OH is 1. The molecule has 2 aliphatic rings. The van der Waals surface area contributed by atoms with E-state index in [9.17, 15) is 4.79 Å². The molecule has 0 aromatic heterocycles. The van der Waals surface area contributed by atoms with E-state index < -0.39 is 0 Å². The van der Waals surface area contributed by atoms with Crippen molar-refractivity contribution in [2.75, 3.05) is 26.2 Å². The fourth-order valence-corrected chi connectivity index (χ4v) is 2.85. The van der Waals surface area contributed by atoms with Crippen molar-refractivity contribution >= 4 is 5.91 Å². The quantitative estimate of drug-likeness (QED) is 0.716. The maximum absolute atomic E-state index is 11.9. The zero-order valence-electron chi connectivity index (χ0n) is 11.2. The van der Waals surface area contributed by atoms with Gasteiger partial charge in [0.05, 0.1) is 13.2 Å². The molecule has 0 aliphatic heterocycles. The standard InChI is InChI=1S/C14H26N2O2/c17-9-8-16(13-6-7-13)11-14(18)15-10-12-4-2-1-3-5-12/h12-13,17H,1-11H2,(H,15,18). The Kier molecular flexibility index (Phi) is 5.45. The lowest BCUT2D eigenvalue weighted by Gasteiger charge is -2.23. The van der Waals surface area contributed by atoms with E-state index in [-0.39, 0.29) is 12.5 Å². The number of hydrogen-bond donors (Lipinski definition) is 2. The van der Waals surface area contributed by atoms with Crippen LogP contribution >= 0.6 is 0 Å². The van der Waals surface area contributed by atoms with Gasteiger partial charge in [-0.2, -0.15) is 0 Å². The Balaban J connectivity index is 1.63. The Morgan fingerprint density at radius 1 is 1.17 bits per heavy atom. The molecule has 4 heteroatoms. The van der Waals surface area contributed by atoms with Crippen molar-refractivity contribution in [3.05, 3.63) is 0 Å². The maximum Gasteiger partial charge on any atom is 0.234 e. The lowest BCUT2D eigenvalue weighted by atomic mass is 9.89. The normalized spacial score (nSPS) is 21.2. The Morgan fingerprint density at radius 2 is 1.89 bits per heavy atom. The summed E-state index contributed by atoms with van der Waals surface area (Å²) in [4.78, 5) is 14.0. The number of carbonyl (C=O) groups excluding carboxylic acids is 1. The van der Waals surface area contributed by atoms with E-state index in [4.69, 9.17) is 5.11 Å². The van der Waals surface area contributed by atoms with Gasteiger partial charge in [-0.1, -0.05) is 19.3 Å². The summed E-state index contributed by atoms with van der Waals surface area (Å²) >= 11 is 0. The molecule has 18 heavy (non-hydrogen) atoms. The summed E-state index contributed by atoms with van der Waals surface area (Å²) in [5, 5.41) is 12.0. The molecule has 0 unspecified atom stereocenters. The van der Waals surface area contributed by atoms with Gasteiger partial charge in [0, 0.05) is 19.1 Å². The van der Waals surface area contributed by atoms with Gasteiger partial charge in [0.25, 0.3) is 0 Å². The van der Waals surface area contributed by atoms with Crippen molar-refractivity contribution in [1.29, 1.82) is 0 Å². The number of amides is 1. The second kappa shape index (κ2) is 7.10. The molecule has 0 bridgehead atoms. The monoisotopic (exact) mass is 254 g/mol. The van der Waals surface area contributed by atoms with Crippen LogP contribution in [0.5, 0.6) is 0 Å². The van der Waals surface area contributed by atoms with Crippen molar-refractivity contribution in [1.82, 2.24) is 10.2 Å². The molecule has 0 aromatic carbocycles. The van der Waals surface area contributed by atoms with Gasteiger partial charge in [0.2, 0.25) is 5.91 Å². The van der Waals surface area contributed by atoms with Gasteiger partial charge in [-0.25, -0.2) is 0 Å². The van der Waals surface area contributed by atoms with Crippen LogP contribution in [-0.4, -0.2) is 48.2 Å². The molecular weight excluding hydrogens is 228 g/mol. The van der Waals surface area contributed by atoms with Gasteiger partial charge in [-0.15, -0.1) is 0 Å². The Hall–Kier alpha value is -0.610. The zero-order chi connectivity index (χ0) is 12.8. The summed E-state index contributed by atoms with van der Waals surface area (Å²) in [5.74, 6) is 0.816. The minimum atomic E-state index is 0.126. The second-order valence-electron chi connectivity index (χ2n) is 5.73. The first-order valence-corrected chi connectivity index (χ1v) is 7.41. The summed E-state index contributed by atoms with van der Waals surface area (Å²) in [6.07, 6.45) is 8.88. The van der Waals surface area contributed by atoms with E-state index in [0.717, 1.165) is 6.54 Å². The highest BCUT2D eigenvalue weighted by Gasteiger charge is 2.29.